The van der Waals surface area contributed by atoms with Gasteiger partial charge >= 0.3 is 0 Å². The van der Waals surface area contributed by atoms with Crippen LogP contribution < -0.4 is 4.74 Å². The lowest BCUT2D eigenvalue weighted by Gasteiger charge is -2.09. The van der Waals surface area contributed by atoms with E-state index in [4.69, 9.17) is 9.84 Å². The highest BCUT2D eigenvalue weighted by atomic mass is 19.2. The molecule has 1 aliphatic rings. The van der Waals surface area contributed by atoms with E-state index in [1.165, 1.54) is 13.2 Å². The molecule has 0 radical (unpaired) electrons. The van der Waals surface area contributed by atoms with Crippen molar-refractivity contribution < 1.29 is 18.6 Å². The van der Waals surface area contributed by atoms with Crippen LogP contribution in [0.2, 0.25) is 0 Å². The molecule has 1 aromatic rings. The molecule has 2 nitrogen and oxygen atoms in total. The van der Waals surface area contributed by atoms with Crippen molar-refractivity contribution in [2.75, 3.05) is 13.7 Å². The highest BCUT2D eigenvalue weighted by Crippen LogP contribution is 2.51. The van der Waals surface area contributed by atoms with Crippen LogP contribution in [0.1, 0.15) is 17.9 Å². The van der Waals surface area contributed by atoms with Gasteiger partial charge in [-0.05, 0) is 30.4 Å². The number of methoxy groups -OCH3 is 1. The summed E-state index contributed by atoms with van der Waals surface area (Å²) in [5.41, 5.74) is 0.261. The molecule has 1 N–H and O–H groups in total. The van der Waals surface area contributed by atoms with E-state index >= 15 is 0 Å². The Morgan fingerprint density at radius 3 is 2.73 bits per heavy atom. The van der Waals surface area contributed by atoms with Crippen LogP contribution in [0.25, 0.3) is 0 Å². The first-order chi connectivity index (χ1) is 7.19. The standard InChI is InChI=1S/C11H12F2O2/c1-15-9-3-2-8(12)11(13)10(9)7-4-6(7)5-14/h2-3,6-7,14H,4-5H2,1H3. The number of benzene rings is 1. The summed E-state index contributed by atoms with van der Waals surface area (Å²) in [6, 6.07) is 2.47. The Morgan fingerprint density at radius 2 is 2.20 bits per heavy atom. The number of ether oxygens (including phenoxy) is 1. The quantitative estimate of drug-likeness (QED) is 0.834. The maximum absolute atomic E-state index is 13.5. The van der Waals surface area contributed by atoms with Crippen molar-refractivity contribution in [2.24, 2.45) is 5.92 Å². The molecule has 4 heteroatoms. The molecule has 2 rings (SSSR count). The molecule has 1 aromatic carbocycles. The third kappa shape index (κ3) is 1.69. The van der Waals surface area contributed by atoms with E-state index in [2.05, 4.69) is 0 Å². The minimum Gasteiger partial charge on any atom is -0.496 e. The van der Waals surface area contributed by atoms with Gasteiger partial charge in [0.2, 0.25) is 0 Å². The van der Waals surface area contributed by atoms with Gasteiger partial charge in [-0.25, -0.2) is 8.78 Å². The summed E-state index contributed by atoms with van der Waals surface area (Å²) < 4.78 is 31.5. The first-order valence-electron chi connectivity index (χ1n) is 4.81. The highest BCUT2D eigenvalue weighted by Gasteiger charge is 2.41. The number of rotatable bonds is 3. The Kier molecular flexibility index (Phi) is 2.61. The van der Waals surface area contributed by atoms with Gasteiger partial charge in [0.25, 0.3) is 0 Å². The van der Waals surface area contributed by atoms with E-state index < -0.39 is 11.6 Å². The van der Waals surface area contributed by atoms with E-state index in [0.29, 0.717) is 12.2 Å². The summed E-state index contributed by atoms with van der Waals surface area (Å²) in [7, 11) is 1.42. The highest BCUT2D eigenvalue weighted by molar-refractivity contribution is 5.41. The molecule has 0 aromatic heterocycles. The van der Waals surface area contributed by atoms with Gasteiger partial charge in [0.15, 0.2) is 11.6 Å². The van der Waals surface area contributed by atoms with Crippen molar-refractivity contribution in [1.29, 1.82) is 0 Å². The number of aliphatic hydroxyl groups is 1. The van der Waals surface area contributed by atoms with E-state index in [0.717, 1.165) is 6.07 Å². The summed E-state index contributed by atoms with van der Waals surface area (Å²) >= 11 is 0. The molecular formula is C11H12F2O2. The molecule has 0 heterocycles. The van der Waals surface area contributed by atoms with Crippen molar-refractivity contribution in [3.05, 3.63) is 29.3 Å². The van der Waals surface area contributed by atoms with Crippen LogP contribution in [0.3, 0.4) is 0 Å². The SMILES string of the molecule is COc1ccc(F)c(F)c1C1CC1CO. The molecule has 0 amide bonds. The second-order valence-corrected chi connectivity index (χ2v) is 3.76. The maximum Gasteiger partial charge on any atom is 0.165 e. The molecule has 0 aliphatic heterocycles. The van der Waals surface area contributed by atoms with E-state index in [9.17, 15) is 8.78 Å². The zero-order valence-corrected chi connectivity index (χ0v) is 8.34. The smallest absolute Gasteiger partial charge is 0.165 e. The molecule has 0 bridgehead atoms. The van der Waals surface area contributed by atoms with Crippen LogP contribution in [-0.4, -0.2) is 18.8 Å². The maximum atomic E-state index is 13.5. The van der Waals surface area contributed by atoms with E-state index in [1.54, 1.807) is 0 Å². The fourth-order valence-corrected chi connectivity index (χ4v) is 1.88. The van der Waals surface area contributed by atoms with E-state index in [1.807, 2.05) is 0 Å². The Labute approximate surface area is 86.5 Å². The minimum atomic E-state index is -0.866. The molecule has 1 saturated carbocycles. The number of hydrogen-bond acceptors (Lipinski definition) is 2. The number of halogens is 2. The lowest BCUT2D eigenvalue weighted by molar-refractivity contribution is 0.273. The van der Waals surface area contributed by atoms with Gasteiger partial charge < -0.3 is 9.84 Å². The summed E-state index contributed by atoms with van der Waals surface area (Å²) in [4.78, 5) is 0. The van der Waals surface area contributed by atoms with Gasteiger partial charge in [-0.1, -0.05) is 0 Å². The van der Waals surface area contributed by atoms with Crippen LogP contribution in [0, 0.1) is 17.6 Å². The Bertz CT molecular complexity index is 379. The van der Waals surface area contributed by atoms with Gasteiger partial charge in [-0.2, -0.15) is 0 Å². The molecule has 2 atom stereocenters. The molecule has 1 fully saturated rings. The van der Waals surface area contributed by atoms with Gasteiger partial charge in [0.05, 0.1) is 7.11 Å². The van der Waals surface area contributed by atoms with Gasteiger partial charge in [0.1, 0.15) is 5.75 Å². The van der Waals surface area contributed by atoms with Crippen LogP contribution in [0.5, 0.6) is 5.75 Å². The van der Waals surface area contributed by atoms with Crippen LogP contribution in [0.4, 0.5) is 8.78 Å². The molecule has 2 unspecified atom stereocenters. The van der Waals surface area contributed by atoms with Crippen molar-refractivity contribution in [1.82, 2.24) is 0 Å². The summed E-state index contributed by atoms with van der Waals surface area (Å²) in [6.45, 7) is 0.00374. The first kappa shape index (κ1) is 10.4. The van der Waals surface area contributed by atoms with E-state index in [-0.39, 0.29) is 24.0 Å². The summed E-state index contributed by atoms with van der Waals surface area (Å²) in [6.07, 6.45) is 0.688. The van der Waals surface area contributed by atoms with Gasteiger partial charge in [0, 0.05) is 12.2 Å². The lowest BCUT2D eigenvalue weighted by atomic mass is 10.1. The molecule has 0 spiro atoms. The van der Waals surface area contributed by atoms with Crippen molar-refractivity contribution in [2.45, 2.75) is 12.3 Å². The first-order valence-corrected chi connectivity index (χ1v) is 4.81. The topological polar surface area (TPSA) is 29.5 Å². The van der Waals surface area contributed by atoms with Crippen molar-refractivity contribution >= 4 is 0 Å². The Morgan fingerprint density at radius 1 is 1.47 bits per heavy atom. The summed E-state index contributed by atoms with van der Waals surface area (Å²) in [5.74, 6) is -1.43. The fourth-order valence-electron chi connectivity index (χ4n) is 1.88. The lowest BCUT2D eigenvalue weighted by Crippen LogP contribution is -1.99. The summed E-state index contributed by atoms with van der Waals surface area (Å²) in [5, 5.41) is 8.90. The van der Waals surface area contributed by atoms with Crippen LogP contribution in [-0.2, 0) is 0 Å². The molecule has 1 aliphatic carbocycles. The largest absolute Gasteiger partial charge is 0.496 e. The van der Waals surface area contributed by atoms with Crippen LogP contribution in [0.15, 0.2) is 12.1 Å². The number of hydrogen-bond donors (Lipinski definition) is 1. The molecule has 15 heavy (non-hydrogen) atoms. The average Bonchev–Trinajstić information content (AvgIpc) is 3.00. The molecular weight excluding hydrogens is 202 g/mol. The third-order valence-corrected chi connectivity index (χ3v) is 2.84. The minimum absolute atomic E-state index is 0.00374. The second kappa shape index (κ2) is 3.77. The molecule has 82 valence electrons. The predicted octanol–water partition coefficient (Wildman–Crippen LogP) is 2.07. The molecule has 0 saturated heterocycles. The normalized spacial score (nSPS) is 24.0. The van der Waals surface area contributed by atoms with Crippen molar-refractivity contribution in [3.63, 3.8) is 0 Å². The Hall–Kier alpha value is -1.16. The van der Waals surface area contributed by atoms with Gasteiger partial charge in [-0.15, -0.1) is 0 Å². The third-order valence-electron chi connectivity index (χ3n) is 2.84. The Balaban J connectivity index is 2.39. The van der Waals surface area contributed by atoms with Crippen molar-refractivity contribution in [3.8, 4) is 5.75 Å². The average molecular weight is 214 g/mol. The van der Waals surface area contributed by atoms with Crippen LogP contribution >= 0.6 is 0 Å². The monoisotopic (exact) mass is 214 g/mol. The predicted molar refractivity (Wildman–Crippen MR) is 50.8 cm³/mol. The van der Waals surface area contributed by atoms with Gasteiger partial charge in [-0.3, -0.25) is 0 Å². The number of aliphatic hydroxyl groups excluding tert-OH is 1. The zero-order chi connectivity index (χ0) is 11.0. The fraction of sp³-hybridized carbons (Fsp3) is 0.455. The zero-order valence-electron chi connectivity index (χ0n) is 8.34. The second-order valence-electron chi connectivity index (χ2n) is 3.76.